The van der Waals surface area contributed by atoms with Crippen LogP contribution in [-0.4, -0.2) is 87.0 Å². The van der Waals surface area contributed by atoms with Gasteiger partial charge in [-0.25, -0.2) is 4.79 Å². The second kappa shape index (κ2) is 7.57. The number of rotatable bonds is 4. The molecule has 2 aliphatic heterocycles. The van der Waals surface area contributed by atoms with Gasteiger partial charge in [-0.05, 0) is 20.8 Å². The molecule has 0 aliphatic carbocycles. The molecule has 4 amide bonds. The third-order valence-electron chi connectivity index (χ3n) is 4.96. The van der Waals surface area contributed by atoms with Crippen molar-refractivity contribution in [3.63, 3.8) is 0 Å². The van der Waals surface area contributed by atoms with E-state index in [1.807, 2.05) is 0 Å². The van der Waals surface area contributed by atoms with E-state index in [2.05, 4.69) is 6.58 Å². The number of aliphatic hydroxyl groups excluding tert-OH is 1. The summed E-state index contributed by atoms with van der Waals surface area (Å²) in [4.78, 5) is 54.1. The smallest absolute Gasteiger partial charge is 0.410 e. The van der Waals surface area contributed by atoms with E-state index in [-0.39, 0.29) is 38.0 Å². The first-order valence-corrected chi connectivity index (χ1v) is 9.49. The first kappa shape index (κ1) is 22.5. The van der Waals surface area contributed by atoms with Crippen LogP contribution in [0.2, 0.25) is 0 Å². The zero-order chi connectivity index (χ0) is 22.3. The van der Waals surface area contributed by atoms with E-state index in [0.29, 0.717) is 0 Å². The molecule has 0 aromatic rings. The molecule has 29 heavy (non-hydrogen) atoms. The number of primary amides is 1. The topological polar surface area (TPSA) is 133 Å². The van der Waals surface area contributed by atoms with Gasteiger partial charge in [0.2, 0.25) is 11.8 Å². The van der Waals surface area contributed by atoms with E-state index in [9.17, 15) is 24.3 Å². The van der Waals surface area contributed by atoms with E-state index in [1.165, 1.54) is 9.80 Å². The van der Waals surface area contributed by atoms with Crippen molar-refractivity contribution in [2.45, 2.75) is 51.8 Å². The summed E-state index contributed by atoms with van der Waals surface area (Å²) < 4.78 is 5.40. The fraction of sp³-hybridized carbons (Fsp3) is 0.684. The van der Waals surface area contributed by atoms with Gasteiger partial charge in [-0.3, -0.25) is 14.4 Å². The summed E-state index contributed by atoms with van der Waals surface area (Å²) in [6, 6.07) is -1.39. The number of carbonyl (C=O) groups excluding carboxylic acids is 4. The van der Waals surface area contributed by atoms with E-state index in [4.69, 9.17) is 10.5 Å². The Morgan fingerprint density at radius 2 is 1.79 bits per heavy atom. The largest absolute Gasteiger partial charge is 0.510 e. The molecule has 10 heteroatoms. The van der Waals surface area contributed by atoms with Gasteiger partial charge in [0.25, 0.3) is 5.91 Å². The highest BCUT2D eigenvalue weighted by Crippen LogP contribution is 2.37. The van der Waals surface area contributed by atoms with Crippen LogP contribution in [0.5, 0.6) is 0 Å². The number of hydrogen-bond donors (Lipinski definition) is 2. The lowest BCUT2D eigenvalue weighted by Crippen LogP contribution is -2.83. The Kier molecular flexibility index (Phi) is 5.87. The number of ether oxygens (including phenoxy) is 1. The van der Waals surface area contributed by atoms with Crippen molar-refractivity contribution in [2.75, 3.05) is 26.2 Å². The Hall–Kier alpha value is -2.78. The van der Waals surface area contributed by atoms with Crippen molar-refractivity contribution in [1.29, 1.82) is 0 Å². The minimum atomic E-state index is -1.39. The third kappa shape index (κ3) is 4.15. The molecule has 2 saturated heterocycles. The van der Waals surface area contributed by atoms with Crippen LogP contribution in [0, 0.1) is 5.92 Å². The Balaban J connectivity index is 2.33. The van der Waals surface area contributed by atoms with Crippen LogP contribution in [0.15, 0.2) is 12.3 Å². The molecule has 2 heterocycles. The molecular weight excluding hydrogens is 380 g/mol. The molecule has 2 atom stereocenters. The fourth-order valence-electron chi connectivity index (χ4n) is 3.65. The first-order chi connectivity index (χ1) is 13.2. The van der Waals surface area contributed by atoms with Crippen molar-refractivity contribution < 1.29 is 29.0 Å². The van der Waals surface area contributed by atoms with E-state index >= 15 is 0 Å². The summed E-state index contributed by atoms with van der Waals surface area (Å²) in [7, 11) is 0. The number of carbonyl (C=O) groups is 4. The third-order valence-corrected chi connectivity index (χ3v) is 4.96. The molecule has 3 N–H and O–H groups in total. The van der Waals surface area contributed by atoms with Gasteiger partial charge in [-0.1, -0.05) is 20.4 Å². The average Bonchev–Trinajstić information content (AvgIpc) is 2.58. The van der Waals surface area contributed by atoms with Crippen molar-refractivity contribution in [2.24, 2.45) is 11.7 Å². The number of nitrogens with two attached hydrogens (primary N) is 1. The summed E-state index contributed by atoms with van der Waals surface area (Å²) >= 11 is 0. The van der Waals surface area contributed by atoms with Crippen molar-refractivity contribution in [1.82, 2.24) is 14.7 Å². The summed E-state index contributed by atoms with van der Waals surface area (Å²) in [6.07, 6.45) is -0.585. The molecule has 0 aromatic heterocycles. The summed E-state index contributed by atoms with van der Waals surface area (Å²) in [5.74, 6) is -2.65. The first-order valence-electron chi connectivity index (χ1n) is 9.49. The van der Waals surface area contributed by atoms with Crippen LogP contribution in [0.25, 0.3) is 0 Å². The Morgan fingerprint density at radius 1 is 1.21 bits per heavy atom. The van der Waals surface area contributed by atoms with Crippen LogP contribution in [-0.2, 0) is 19.1 Å². The lowest BCUT2D eigenvalue weighted by atomic mass is 9.81. The normalized spacial score (nSPS) is 23.1. The van der Waals surface area contributed by atoms with Gasteiger partial charge < -0.3 is 30.3 Å². The average molecular weight is 410 g/mol. The zero-order valence-corrected chi connectivity index (χ0v) is 17.6. The maximum atomic E-state index is 13.2. The quantitative estimate of drug-likeness (QED) is 0.503. The SMILES string of the molecule is C=C(O)[C@@H](C(N)=O)N1CC2(CN(C(=O)OC(C)(C)C)CCN2C(=O)C(C)C)C1=O. The number of hydrogen-bond acceptors (Lipinski definition) is 6. The van der Waals surface area contributed by atoms with Gasteiger partial charge in [-0.2, -0.15) is 0 Å². The fourth-order valence-corrected chi connectivity index (χ4v) is 3.65. The molecular formula is C19H30N4O6. The van der Waals surface area contributed by atoms with E-state index < -0.39 is 40.8 Å². The maximum Gasteiger partial charge on any atom is 0.410 e. The highest BCUT2D eigenvalue weighted by atomic mass is 16.6. The van der Waals surface area contributed by atoms with Gasteiger partial charge >= 0.3 is 6.09 Å². The molecule has 162 valence electrons. The molecule has 2 fully saturated rings. The summed E-state index contributed by atoms with van der Waals surface area (Å²) in [5, 5.41) is 9.70. The highest BCUT2D eigenvalue weighted by Gasteiger charge is 2.63. The lowest BCUT2D eigenvalue weighted by Gasteiger charge is -2.59. The van der Waals surface area contributed by atoms with E-state index in [1.54, 1.807) is 34.6 Å². The van der Waals surface area contributed by atoms with Crippen LogP contribution < -0.4 is 5.73 Å². The van der Waals surface area contributed by atoms with Crippen molar-refractivity contribution >= 4 is 23.8 Å². The monoisotopic (exact) mass is 410 g/mol. The number of aliphatic hydroxyl groups is 1. The summed E-state index contributed by atoms with van der Waals surface area (Å²) in [5.41, 5.74) is 3.25. The van der Waals surface area contributed by atoms with E-state index in [0.717, 1.165) is 4.90 Å². The number of likely N-dealkylation sites (tertiary alicyclic amines) is 1. The molecule has 1 unspecified atom stereocenters. The molecule has 0 bridgehead atoms. The Bertz CT molecular complexity index is 729. The second-order valence-corrected chi connectivity index (χ2v) is 8.81. The van der Waals surface area contributed by atoms with Gasteiger partial charge in [0.15, 0.2) is 11.6 Å². The van der Waals surface area contributed by atoms with Crippen LogP contribution in [0.3, 0.4) is 0 Å². The zero-order valence-electron chi connectivity index (χ0n) is 17.6. The number of β-lactam (4-membered cyclic amide) rings is 1. The van der Waals surface area contributed by atoms with Gasteiger partial charge in [0, 0.05) is 19.0 Å². The number of amides is 4. The minimum absolute atomic E-state index is 0.0588. The Labute approximate surface area is 170 Å². The van der Waals surface area contributed by atoms with Gasteiger partial charge in [0.1, 0.15) is 11.4 Å². The second-order valence-electron chi connectivity index (χ2n) is 8.81. The molecule has 2 aliphatic rings. The van der Waals surface area contributed by atoms with Crippen molar-refractivity contribution in [3.8, 4) is 0 Å². The minimum Gasteiger partial charge on any atom is -0.510 e. The molecule has 0 radical (unpaired) electrons. The predicted octanol–water partition coefficient (Wildman–Crippen LogP) is 0.228. The lowest BCUT2D eigenvalue weighted by molar-refractivity contribution is -0.183. The highest BCUT2D eigenvalue weighted by molar-refractivity contribution is 6.01. The number of piperazine rings is 1. The molecule has 2 rings (SSSR count). The summed E-state index contributed by atoms with van der Waals surface area (Å²) in [6.45, 7) is 12.2. The van der Waals surface area contributed by atoms with Gasteiger partial charge in [-0.15, -0.1) is 0 Å². The molecule has 0 aromatic carbocycles. The maximum absolute atomic E-state index is 13.2. The molecule has 1 spiro atoms. The van der Waals surface area contributed by atoms with Gasteiger partial charge in [0.05, 0.1) is 13.1 Å². The van der Waals surface area contributed by atoms with Crippen LogP contribution in [0.4, 0.5) is 4.79 Å². The molecule has 10 nitrogen and oxygen atoms in total. The predicted molar refractivity (Wildman–Crippen MR) is 104 cm³/mol. The standard InChI is InChI=1S/C19H30N4O6/c1-11(2)15(26)23-8-7-21(17(28)29-18(4,5)6)9-19(23)10-22(16(19)27)13(12(3)24)14(20)25/h11,13,24H,3,7-10H2,1-2,4-6H3,(H2,20,25)/t13-,19?/m0/s1. The Morgan fingerprint density at radius 3 is 2.21 bits per heavy atom. The number of nitrogens with zero attached hydrogens (tertiary/aromatic N) is 3. The molecule has 0 saturated carbocycles. The van der Waals surface area contributed by atoms with Crippen LogP contribution >= 0.6 is 0 Å². The van der Waals surface area contributed by atoms with Crippen molar-refractivity contribution in [3.05, 3.63) is 12.3 Å². The van der Waals surface area contributed by atoms with Crippen LogP contribution in [0.1, 0.15) is 34.6 Å².